The Labute approximate surface area is 252 Å². The molecule has 1 atom stereocenters. The van der Waals surface area contributed by atoms with Crippen LogP contribution < -0.4 is 14.9 Å². The van der Waals surface area contributed by atoms with E-state index in [0.717, 1.165) is 25.0 Å². The van der Waals surface area contributed by atoms with E-state index in [2.05, 4.69) is 9.98 Å². The third-order valence-electron chi connectivity index (χ3n) is 6.35. The summed E-state index contributed by atoms with van der Waals surface area (Å²) in [4.78, 5) is 38.1. The molecule has 1 aliphatic rings. The lowest BCUT2D eigenvalue weighted by Gasteiger charge is -2.25. The van der Waals surface area contributed by atoms with Crippen molar-refractivity contribution >= 4 is 68.5 Å². The number of nitrogens with zero attached hydrogens (tertiary/aromatic N) is 3. The fourth-order valence-electron chi connectivity index (χ4n) is 4.54. The monoisotopic (exact) mass is 619 g/mol. The molecule has 1 aliphatic heterocycles. The van der Waals surface area contributed by atoms with E-state index < -0.39 is 12.0 Å². The van der Waals surface area contributed by atoms with E-state index in [1.807, 2.05) is 66.9 Å². The molecule has 7 nitrogen and oxygen atoms in total. The largest absolute Gasteiger partial charge is 0.459 e. The number of rotatable bonds is 7. The van der Waals surface area contributed by atoms with Crippen LogP contribution in [0.2, 0.25) is 0 Å². The number of benzene rings is 2. The van der Waals surface area contributed by atoms with Gasteiger partial charge in [0.15, 0.2) is 14.2 Å². The summed E-state index contributed by atoms with van der Waals surface area (Å²) in [6.07, 6.45) is 3.43. The van der Waals surface area contributed by atoms with Crippen LogP contribution in [0.5, 0.6) is 0 Å². The molecular formula is C30H25N3O4S4. The highest BCUT2D eigenvalue weighted by molar-refractivity contribution is 8.01. The normalized spacial score (nSPS) is 15.4. The third-order valence-corrected chi connectivity index (χ3v) is 10.1. The van der Waals surface area contributed by atoms with Crippen LogP contribution in [-0.4, -0.2) is 27.9 Å². The van der Waals surface area contributed by atoms with Gasteiger partial charge in [-0.25, -0.2) is 14.8 Å². The summed E-state index contributed by atoms with van der Waals surface area (Å²) in [6.45, 7) is 5.39. The highest BCUT2D eigenvalue weighted by Gasteiger charge is 2.33. The average molecular weight is 620 g/mol. The predicted octanol–water partition coefficient (Wildman–Crippen LogP) is 6.26. The highest BCUT2D eigenvalue weighted by Crippen LogP contribution is 2.35. The first-order valence-electron chi connectivity index (χ1n) is 12.8. The summed E-state index contributed by atoms with van der Waals surface area (Å²) in [7, 11) is 0. The van der Waals surface area contributed by atoms with E-state index in [4.69, 9.17) is 9.15 Å². The summed E-state index contributed by atoms with van der Waals surface area (Å²) in [5, 5.41) is 0.685. The van der Waals surface area contributed by atoms with Gasteiger partial charge in [0.25, 0.3) is 5.56 Å². The zero-order chi connectivity index (χ0) is 28.7. The molecule has 2 aromatic carbocycles. The van der Waals surface area contributed by atoms with Gasteiger partial charge in [0.05, 0.1) is 38.2 Å². The Bertz CT molecular complexity index is 1950. The second-order valence-corrected chi connectivity index (χ2v) is 13.7. The number of para-hydroxylation sites is 1. The maximum Gasteiger partial charge on any atom is 0.338 e. The van der Waals surface area contributed by atoms with Crippen molar-refractivity contribution in [3.05, 3.63) is 103 Å². The van der Waals surface area contributed by atoms with Crippen molar-refractivity contribution in [1.29, 1.82) is 0 Å². The second-order valence-electron chi connectivity index (χ2n) is 9.52. The van der Waals surface area contributed by atoms with Crippen molar-refractivity contribution in [3.63, 3.8) is 0 Å². The molecule has 41 heavy (non-hydrogen) atoms. The van der Waals surface area contributed by atoms with Crippen LogP contribution in [0, 0.1) is 0 Å². The Morgan fingerprint density at radius 2 is 1.88 bits per heavy atom. The zero-order valence-electron chi connectivity index (χ0n) is 22.6. The summed E-state index contributed by atoms with van der Waals surface area (Å²) in [6, 6.07) is 18.9. The fraction of sp³-hybridized carbons (Fsp3) is 0.200. The van der Waals surface area contributed by atoms with Gasteiger partial charge in [0, 0.05) is 11.0 Å². The number of carbonyl (C=O) groups excluding carboxylic acids is 1. The number of furan rings is 1. The molecule has 0 N–H and O–H groups in total. The van der Waals surface area contributed by atoms with E-state index in [1.165, 1.54) is 23.1 Å². The number of esters is 1. The molecule has 0 saturated carbocycles. The molecule has 0 saturated heterocycles. The van der Waals surface area contributed by atoms with Gasteiger partial charge >= 0.3 is 5.97 Å². The van der Waals surface area contributed by atoms with Gasteiger partial charge in [-0.1, -0.05) is 35.6 Å². The lowest BCUT2D eigenvalue weighted by molar-refractivity contribution is -0.143. The fourth-order valence-corrected chi connectivity index (χ4v) is 7.94. The second kappa shape index (κ2) is 11.5. The van der Waals surface area contributed by atoms with Crippen molar-refractivity contribution in [1.82, 2.24) is 9.55 Å². The smallest absolute Gasteiger partial charge is 0.338 e. The van der Waals surface area contributed by atoms with Crippen LogP contribution in [-0.2, 0) is 9.53 Å². The predicted molar refractivity (Wildman–Crippen MR) is 166 cm³/mol. The minimum atomic E-state index is -0.655. The molecule has 3 aromatic heterocycles. The van der Waals surface area contributed by atoms with Crippen LogP contribution in [0.15, 0.2) is 100 Å². The van der Waals surface area contributed by atoms with Crippen LogP contribution in [0.4, 0.5) is 0 Å². The molecule has 208 valence electrons. The standard InChI is InChI=1S/C30H25N3O4S4/c1-16(2)36-28(35)25-17(3)31-29-33(26(25)18-9-12-20(38-4)13-10-18)27(34)23(39-29)15-19-11-14-24(37-19)41-30-32-21-7-5-6-8-22(21)40-30/h5-16,26H,1-4H3/b23-15+/t26-/m0/s1. The summed E-state index contributed by atoms with van der Waals surface area (Å²) < 4.78 is 15.7. The summed E-state index contributed by atoms with van der Waals surface area (Å²) >= 11 is 5.95. The average Bonchev–Trinajstić information content (AvgIpc) is 3.65. The number of ether oxygens (including phenoxy) is 1. The van der Waals surface area contributed by atoms with Crippen LogP contribution in [0.25, 0.3) is 16.3 Å². The number of hydrogen-bond donors (Lipinski definition) is 0. The Morgan fingerprint density at radius 3 is 2.61 bits per heavy atom. The van der Waals surface area contributed by atoms with Gasteiger partial charge in [-0.2, -0.15) is 0 Å². The van der Waals surface area contributed by atoms with Crippen LogP contribution in [0.1, 0.15) is 38.1 Å². The van der Waals surface area contributed by atoms with Gasteiger partial charge < -0.3 is 9.15 Å². The van der Waals surface area contributed by atoms with Crippen molar-refractivity contribution in [2.45, 2.75) is 47.2 Å². The highest BCUT2D eigenvalue weighted by atomic mass is 32.2. The Morgan fingerprint density at radius 1 is 1.10 bits per heavy atom. The van der Waals surface area contributed by atoms with E-state index in [-0.39, 0.29) is 11.7 Å². The molecule has 4 heterocycles. The SMILES string of the molecule is CSc1ccc([C@H]2C(C(=O)OC(C)C)=C(C)N=c3s/c(=C/c4ccc(Sc5nc6ccccc6s5)o4)c(=O)n32)cc1. The molecule has 0 aliphatic carbocycles. The van der Waals surface area contributed by atoms with Gasteiger partial charge in [0.2, 0.25) is 0 Å². The van der Waals surface area contributed by atoms with Crippen LogP contribution >= 0.6 is 46.2 Å². The molecule has 11 heteroatoms. The minimum absolute atomic E-state index is 0.244. The number of fused-ring (bicyclic) bond motifs is 2. The van der Waals surface area contributed by atoms with Crippen molar-refractivity contribution in [2.75, 3.05) is 6.26 Å². The number of aromatic nitrogens is 2. The van der Waals surface area contributed by atoms with Gasteiger partial charge in [-0.3, -0.25) is 9.36 Å². The Hall–Kier alpha value is -3.38. The number of hydrogen-bond acceptors (Lipinski definition) is 10. The first kappa shape index (κ1) is 27.8. The first-order chi connectivity index (χ1) is 19.8. The molecule has 5 aromatic rings. The third kappa shape index (κ3) is 5.59. The molecular weight excluding hydrogens is 595 g/mol. The molecule has 0 amide bonds. The van der Waals surface area contributed by atoms with E-state index in [9.17, 15) is 9.59 Å². The van der Waals surface area contributed by atoms with E-state index in [0.29, 0.717) is 31.5 Å². The molecule has 0 fully saturated rings. The van der Waals surface area contributed by atoms with Crippen molar-refractivity contribution < 1.29 is 13.9 Å². The van der Waals surface area contributed by atoms with Gasteiger partial charge in [0.1, 0.15) is 5.76 Å². The molecule has 0 unspecified atom stereocenters. The topological polar surface area (TPSA) is 86.7 Å². The van der Waals surface area contributed by atoms with E-state index >= 15 is 0 Å². The number of carbonyl (C=O) groups is 1. The molecule has 0 bridgehead atoms. The lowest BCUT2D eigenvalue weighted by atomic mass is 9.96. The molecule has 6 rings (SSSR count). The lowest BCUT2D eigenvalue weighted by Crippen LogP contribution is -2.40. The molecule has 0 radical (unpaired) electrons. The van der Waals surface area contributed by atoms with Crippen LogP contribution in [0.3, 0.4) is 0 Å². The van der Waals surface area contributed by atoms with Gasteiger partial charge in [-0.15, -0.1) is 23.1 Å². The quantitative estimate of drug-likeness (QED) is 0.157. The van der Waals surface area contributed by atoms with E-state index in [1.54, 1.807) is 54.5 Å². The zero-order valence-corrected chi connectivity index (χ0v) is 25.9. The van der Waals surface area contributed by atoms with Crippen molar-refractivity contribution in [3.8, 4) is 0 Å². The van der Waals surface area contributed by atoms with Crippen molar-refractivity contribution in [2.24, 2.45) is 4.99 Å². The van der Waals surface area contributed by atoms with Gasteiger partial charge in [-0.05, 0) is 80.8 Å². The summed E-state index contributed by atoms with van der Waals surface area (Å²) in [5.74, 6) is 0.0759. The Balaban J connectivity index is 1.39. The number of thiazole rings is 2. The maximum absolute atomic E-state index is 13.9. The number of thioether (sulfide) groups is 1. The summed E-state index contributed by atoms with van der Waals surface area (Å²) in [5.41, 5.74) is 2.43. The maximum atomic E-state index is 13.9. The molecule has 0 spiro atoms. The Kier molecular flexibility index (Phi) is 7.78. The minimum Gasteiger partial charge on any atom is -0.459 e. The first-order valence-corrected chi connectivity index (χ1v) is 16.5. The number of allylic oxidation sites excluding steroid dienone is 1.